The van der Waals surface area contributed by atoms with Crippen LogP contribution < -0.4 is 27.8 Å². The van der Waals surface area contributed by atoms with E-state index in [1.54, 1.807) is 6.92 Å². The SMILES string of the molecule is CCCCCCN(CCCN[C@@H](Cc1ccc2cc(CCCCN=C(N)NC(=O)c3nc(Cl)c(C)nc3N)ccc2c1)C(N)=O)C[C@H](O)[C@@H](O)[C@H](O)[C@H](O)CO. The predicted molar refractivity (Wildman–Crippen MR) is 218 cm³/mol. The number of aliphatic hydroxyl groups is 5. The molecule has 0 aliphatic heterocycles. The molecule has 0 radical (unpaired) electrons. The number of hydrogen-bond acceptors (Lipinski definition) is 13. The maximum Gasteiger partial charge on any atom is 0.280 e. The molecule has 0 saturated heterocycles. The van der Waals surface area contributed by atoms with Gasteiger partial charge in [0.25, 0.3) is 5.91 Å². The van der Waals surface area contributed by atoms with E-state index in [0.29, 0.717) is 44.7 Å². The Labute approximate surface area is 333 Å². The number of benzene rings is 2. The number of nitrogens with zero attached hydrogens (tertiary/aromatic N) is 4. The van der Waals surface area contributed by atoms with Gasteiger partial charge < -0.3 is 53.0 Å². The molecule has 0 aliphatic rings. The van der Waals surface area contributed by atoms with E-state index in [2.05, 4.69) is 56.8 Å². The zero-order valence-electron chi connectivity index (χ0n) is 32.4. The van der Waals surface area contributed by atoms with Gasteiger partial charge in [0.1, 0.15) is 18.3 Å². The summed E-state index contributed by atoms with van der Waals surface area (Å²) >= 11 is 5.96. The van der Waals surface area contributed by atoms with E-state index in [-0.39, 0.29) is 29.2 Å². The summed E-state index contributed by atoms with van der Waals surface area (Å²) in [5.41, 5.74) is 19.9. The van der Waals surface area contributed by atoms with Gasteiger partial charge in [0, 0.05) is 13.1 Å². The monoisotopic (exact) mass is 801 g/mol. The van der Waals surface area contributed by atoms with Gasteiger partial charge >= 0.3 is 0 Å². The van der Waals surface area contributed by atoms with E-state index >= 15 is 0 Å². The van der Waals surface area contributed by atoms with Crippen molar-refractivity contribution in [2.24, 2.45) is 16.5 Å². The van der Waals surface area contributed by atoms with Crippen LogP contribution in [0.5, 0.6) is 0 Å². The van der Waals surface area contributed by atoms with Crippen molar-refractivity contribution >= 4 is 46.0 Å². The minimum absolute atomic E-state index is 0.0487. The number of aliphatic hydroxyl groups excluding tert-OH is 5. The Balaban J connectivity index is 1.47. The van der Waals surface area contributed by atoms with Gasteiger partial charge in [-0.1, -0.05) is 74.2 Å². The Morgan fingerprint density at radius 2 is 1.55 bits per heavy atom. The second-order valence-electron chi connectivity index (χ2n) is 14.2. The van der Waals surface area contributed by atoms with Gasteiger partial charge in [-0.2, -0.15) is 0 Å². The van der Waals surface area contributed by atoms with Crippen LogP contribution in [0.2, 0.25) is 5.15 Å². The lowest BCUT2D eigenvalue weighted by atomic mass is 9.98. The first-order chi connectivity index (χ1) is 26.7. The Morgan fingerprint density at radius 3 is 2.23 bits per heavy atom. The molecule has 0 aliphatic carbocycles. The van der Waals surface area contributed by atoms with Crippen molar-refractivity contribution < 1.29 is 35.1 Å². The van der Waals surface area contributed by atoms with Gasteiger partial charge in [0.15, 0.2) is 22.6 Å². The standard InChI is InChI=1S/C39H60ClN9O7/c1-3-4-5-8-17-49(22-30(51)33(53)34(54)31(52)23-50)18-9-16-44-29(37(42)55)21-26-12-14-27-19-25(11-13-28(27)20-26)10-6-7-15-45-39(43)48-38(56)32-36(41)46-24(2)35(40)47-32/h11-14,19-20,29-31,33-34,44,50-54H,3-10,15-18,21-23H2,1-2H3,(H2,41,46)(H2,42,55)(H3,43,45,48,56)/t29-,30-,31+,33+,34+/m0/s1. The first-order valence-corrected chi connectivity index (χ1v) is 19.6. The van der Waals surface area contributed by atoms with E-state index in [4.69, 9.17) is 33.9 Å². The number of fused-ring (bicyclic) bond motifs is 1. The van der Waals surface area contributed by atoms with Gasteiger partial charge in [-0.25, -0.2) is 9.97 Å². The predicted octanol–water partition coefficient (Wildman–Crippen LogP) is 0.936. The highest BCUT2D eigenvalue weighted by atomic mass is 35.5. The molecule has 2 amide bonds. The highest BCUT2D eigenvalue weighted by molar-refractivity contribution is 6.30. The zero-order chi connectivity index (χ0) is 41.2. The first-order valence-electron chi connectivity index (χ1n) is 19.2. The topological polar surface area (TPSA) is 279 Å². The minimum Gasteiger partial charge on any atom is -0.394 e. The maximum atomic E-state index is 12.5. The summed E-state index contributed by atoms with van der Waals surface area (Å²) in [6.45, 7) is 5.22. The maximum absolute atomic E-state index is 12.5. The van der Waals surface area contributed by atoms with Gasteiger partial charge in [0.05, 0.1) is 24.4 Å². The quantitative estimate of drug-likeness (QED) is 0.0325. The lowest BCUT2D eigenvalue weighted by Gasteiger charge is -2.30. The molecule has 56 heavy (non-hydrogen) atoms. The molecule has 3 rings (SSSR count). The number of nitrogens with two attached hydrogens (primary N) is 3. The molecule has 13 N–H and O–H groups in total. The molecule has 16 nitrogen and oxygen atoms in total. The number of carbonyl (C=O) groups excluding carboxylic acids is 2. The van der Waals surface area contributed by atoms with E-state index < -0.39 is 48.9 Å². The number of unbranched alkanes of at least 4 members (excludes halogenated alkanes) is 4. The number of amides is 2. The van der Waals surface area contributed by atoms with Gasteiger partial charge in [-0.05, 0) is 87.0 Å². The minimum atomic E-state index is -1.68. The van der Waals surface area contributed by atoms with Crippen molar-refractivity contribution in [2.45, 2.75) is 102 Å². The third-order valence-corrected chi connectivity index (χ3v) is 9.90. The Hall–Kier alpha value is -4.00. The molecular formula is C39H60ClN9O7. The molecule has 1 heterocycles. The molecule has 5 atom stereocenters. The molecular weight excluding hydrogens is 742 g/mol. The number of halogens is 1. The second-order valence-corrected chi connectivity index (χ2v) is 14.5. The fourth-order valence-corrected chi connectivity index (χ4v) is 6.37. The largest absolute Gasteiger partial charge is 0.394 e. The van der Waals surface area contributed by atoms with Crippen molar-refractivity contribution in [3.8, 4) is 0 Å². The number of guanidine groups is 1. The Bertz CT molecular complexity index is 1730. The number of aliphatic imine (C=N–C) groups is 1. The number of primary amides is 1. The van der Waals surface area contributed by atoms with Crippen LogP contribution in [0.1, 0.15) is 79.2 Å². The van der Waals surface area contributed by atoms with Crippen LogP contribution >= 0.6 is 11.6 Å². The van der Waals surface area contributed by atoms with E-state index in [1.165, 1.54) is 0 Å². The lowest BCUT2D eigenvalue weighted by Crippen LogP contribution is -2.50. The fraction of sp³-hybridized carbons (Fsp3) is 0.564. The van der Waals surface area contributed by atoms with Gasteiger partial charge in [0.2, 0.25) is 5.91 Å². The van der Waals surface area contributed by atoms with E-state index in [9.17, 15) is 30.0 Å². The van der Waals surface area contributed by atoms with Crippen molar-refractivity contribution in [2.75, 3.05) is 45.1 Å². The average Bonchev–Trinajstić information content (AvgIpc) is 3.17. The number of anilines is 1. The van der Waals surface area contributed by atoms with Crippen LogP contribution in [0.3, 0.4) is 0 Å². The van der Waals surface area contributed by atoms with Crippen LogP contribution in [0, 0.1) is 6.92 Å². The Kier molecular flexibility index (Phi) is 19.8. The van der Waals surface area contributed by atoms with Crippen LogP contribution in [0.25, 0.3) is 10.8 Å². The second kappa shape index (κ2) is 23.9. The summed E-state index contributed by atoms with van der Waals surface area (Å²) in [5, 5.41) is 57.6. The zero-order valence-corrected chi connectivity index (χ0v) is 33.2. The Morgan fingerprint density at radius 1 is 0.893 bits per heavy atom. The number of hydrogen-bond donors (Lipinski definition) is 10. The number of aryl methyl sites for hydroxylation is 2. The molecule has 17 heteroatoms. The van der Waals surface area contributed by atoms with Crippen LogP contribution in [-0.4, -0.2) is 128 Å². The molecule has 3 aromatic rings. The molecule has 310 valence electrons. The summed E-state index contributed by atoms with van der Waals surface area (Å²) in [6.07, 6.45) is 1.34. The summed E-state index contributed by atoms with van der Waals surface area (Å²) < 4.78 is 0. The number of nitrogen functional groups attached to an aromatic ring is 1. The van der Waals surface area contributed by atoms with Gasteiger partial charge in [-0.15, -0.1) is 0 Å². The molecule has 0 bridgehead atoms. The molecule has 0 unspecified atom stereocenters. The van der Waals surface area contributed by atoms with Crippen LogP contribution in [-0.2, 0) is 17.6 Å². The molecule has 0 saturated carbocycles. The fourth-order valence-electron chi connectivity index (χ4n) is 6.25. The number of nitrogens with one attached hydrogen (secondary N) is 2. The molecule has 2 aromatic carbocycles. The summed E-state index contributed by atoms with van der Waals surface area (Å²) in [5.74, 6) is -1.20. The first kappa shape index (κ1) is 46.4. The number of rotatable bonds is 25. The van der Waals surface area contributed by atoms with E-state index in [1.807, 2.05) is 17.0 Å². The third-order valence-electron chi connectivity index (χ3n) is 9.54. The summed E-state index contributed by atoms with van der Waals surface area (Å²) in [4.78, 5) is 39.0. The molecule has 0 spiro atoms. The lowest BCUT2D eigenvalue weighted by molar-refractivity contribution is -0.120. The summed E-state index contributed by atoms with van der Waals surface area (Å²) in [6, 6.07) is 11.8. The number of carbonyl (C=O) groups is 2. The van der Waals surface area contributed by atoms with E-state index in [0.717, 1.165) is 66.8 Å². The van der Waals surface area contributed by atoms with Crippen molar-refractivity contribution in [1.29, 1.82) is 0 Å². The highest BCUT2D eigenvalue weighted by Crippen LogP contribution is 2.21. The van der Waals surface area contributed by atoms with Crippen LogP contribution in [0.15, 0.2) is 41.4 Å². The molecule has 0 fully saturated rings. The molecule has 1 aromatic heterocycles. The highest BCUT2D eigenvalue weighted by Gasteiger charge is 2.31. The van der Waals surface area contributed by atoms with Crippen molar-refractivity contribution in [1.82, 2.24) is 25.5 Å². The normalized spacial score (nSPS) is 14.8. The van der Waals surface area contributed by atoms with Crippen LogP contribution in [0.4, 0.5) is 5.82 Å². The van der Waals surface area contributed by atoms with Gasteiger partial charge in [-0.3, -0.25) is 19.9 Å². The van der Waals surface area contributed by atoms with Crippen molar-refractivity contribution in [3.05, 3.63) is 64.1 Å². The summed E-state index contributed by atoms with van der Waals surface area (Å²) in [7, 11) is 0. The third kappa shape index (κ3) is 15.2. The smallest absolute Gasteiger partial charge is 0.280 e. The number of aromatic nitrogens is 2. The average molecular weight is 802 g/mol. The van der Waals surface area contributed by atoms with Crippen molar-refractivity contribution in [3.63, 3.8) is 0 Å².